The lowest BCUT2D eigenvalue weighted by atomic mass is 10.2. The van der Waals surface area contributed by atoms with E-state index in [0.29, 0.717) is 23.1 Å². The number of carbonyl (C=O) groups excluding carboxylic acids is 1. The lowest BCUT2D eigenvalue weighted by molar-refractivity contribution is 0.0952. The summed E-state index contributed by atoms with van der Waals surface area (Å²) in [6.07, 6.45) is 4.44. The number of hydrogen-bond acceptors (Lipinski definition) is 4. The van der Waals surface area contributed by atoms with Gasteiger partial charge in [-0.05, 0) is 31.5 Å². The molecule has 0 aliphatic carbocycles. The summed E-state index contributed by atoms with van der Waals surface area (Å²) in [4.78, 5) is 16.2. The average molecular weight is 308 g/mol. The number of carbonyl (C=O) groups is 1. The van der Waals surface area contributed by atoms with Gasteiger partial charge in [0.05, 0.1) is 0 Å². The van der Waals surface area contributed by atoms with Gasteiger partial charge in [-0.2, -0.15) is 5.10 Å². The van der Waals surface area contributed by atoms with Crippen LogP contribution in [0.4, 0.5) is 5.82 Å². The summed E-state index contributed by atoms with van der Waals surface area (Å²) < 4.78 is 1.83. The van der Waals surface area contributed by atoms with Gasteiger partial charge in [-0.15, -0.1) is 0 Å². The van der Waals surface area contributed by atoms with Crippen molar-refractivity contribution in [2.75, 3.05) is 18.4 Å². The quantitative estimate of drug-likeness (QED) is 0.607. The van der Waals surface area contributed by atoms with E-state index in [0.717, 1.165) is 19.5 Å². The zero-order valence-electron chi connectivity index (χ0n) is 11.8. The third-order valence-corrected chi connectivity index (χ3v) is 3.02. The van der Waals surface area contributed by atoms with Crippen molar-refractivity contribution in [3.8, 4) is 0 Å². The van der Waals surface area contributed by atoms with Crippen molar-refractivity contribution in [3.63, 3.8) is 0 Å². The van der Waals surface area contributed by atoms with Gasteiger partial charge in [0.15, 0.2) is 0 Å². The Hall–Kier alpha value is -2.08. The molecule has 2 N–H and O–H groups in total. The number of nitrogens with one attached hydrogen (secondary N) is 2. The van der Waals surface area contributed by atoms with Gasteiger partial charge in [0.1, 0.15) is 11.0 Å². The SMILES string of the molecule is CCNc1cc(C(=O)NCCCn2cccn2)cc(Cl)n1. The van der Waals surface area contributed by atoms with E-state index in [-0.39, 0.29) is 5.91 Å². The van der Waals surface area contributed by atoms with Crippen LogP contribution in [0.5, 0.6) is 0 Å². The number of anilines is 1. The van der Waals surface area contributed by atoms with E-state index in [1.54, 1.807) is 18.3 Å². The molecular weight excluding hydrogens is 290 g/mol. The maximum absolute atomic E-state index is 12.1. The van der Waals surface area contributed by atoms with Gasteiger partial charge in [0.25, 0.3) is 5.91 Å². The van der Waals surface area contributed by atoms with Crippen LogP contribution in [0.15, 0.2) is 30.6 Å². The summed E-state index contributed by atoms with van der Waals surface area (Å²) in [5.74, 6) is 0.450. The fraction of sp³-hybridized carbons (Fsp3) is 0.357. The van der Waals surface area contributed by atoms with Gasteiger partial charge in [-0.1, -0.05) is 11.6 Å². The predicted octanol–water partition coefficient (Wildman–Crippen LogP) is 2.18. The van der Waals surface area contributed by atoms with E-state index >= 15 is 0 Å². The van der Waals surface area contributed by atoms with E-state index < -0.39 is 0 Å². The van der Waals surface area contributed by atoms with Crippen molar-refractivity contribution in [2.24, 2.45) is 0 Å². The molecule has 0 radical (unpaired) electrons. The minimum Gasteiger partial charge on any atom is -0.370 e. The van der Waals surface area contributed by atoms with E-state index in [2.05, 4.69) is 20.7 Å². The molecule has 112 valence electrons. The molecule has 6 nitrogen and oxygen atoms in total. The Morgan fingerprint density at radius 3 is 3.00 bits per heavy atom. The number of aromatic nitrogens is 3. The van der Waals surface area contributed by atoms with Gasteiger partial charge in [0.2, 0.25) is 0 Å². The first-order chi connectivity index (χ1) is 10.2. The zero-order valence-corrected chi connectivity index (χ0v) is 12.6. The number of aryl methyl sites for hydroxylation is 1. The predicted molar refractivity (Wildman–Crippen MR) is 82.6 cm³/mol. The molecule has 0 aromatic carbocycles. The van der Waals surface area contributed by atoms with E-state index in [4.69, 9.17) is 11.6 Å². The number of pyridine rings is 1. The molecule has 21 heavy (non-hydrogen) atoms. The molecule has 2 aromatic rings. The van der Waals surface area contributed by atoms with Gasteiger partial charge in [-0.3, -0.25) is 9.48 Å². The average Bonchev–Trinajstić information content (AvgIpc) is 2.96. The number of nitrogens with zero attached hydrogens (tertiary/aromatic N) is 3. The molecule has 1 amide bonds. The summed E-state index contributed by atoms with van der Waals surface area (Å²) in [6.45, 7) is 4.03. The summed E-state index contributed by atoms with van der Waals surface area (Å²) in [6, 6.07) is 5.13. The van der Waals surface area contributed by atoms with Crippen molar-refractivity contribution in [1.82, 2.24) is 20.1 Å². The van der Waals surface area contributed by atoms with E-state index in [1.807, 2.05) is 23.9 Å². The molecule has 0 unspecified atom stereocenters. The molecule has 2 aromatic heterocycles. The second-order valence-electron chi connectivity index (χ2n) is 4.47. The van der Waals surface area contributed by atoms with Crippen LogP contribution in [0, 0.1) is 0 Å². The van der Waals surface area contributed by atoms with Crippen LogP contribution in [-0.4, -0.2) is 33.8 Å². The molecule has 0 saturated carbocycles. The maximum Gasteiger partial charge on any atom is 0.251 e. The minimum atomic E-state index is -0.154. The zero-order chi connectivity index (χ0) is 15.1. The van der Waals surface area contributed by atoms with Crippen molar-refractivity contribution < 1.29 is 4.79 Å². The highest BCUT2D eigenvalue weighted by atomic mass is 35.5. The minimum absolute atomic E-state index is 0.154. The van der Waals surface area contributed by atoms with Gasteiger partial charge in [-0.25, -0.2) is 4.98 Å². The monoisotopic (exact) mass is 307 g/mol. The lowest BCUT2D eigenvalue weighted by Crippen LogP contribution is -2.25. The first kappa shape index (κ1) is 15.3. The third kappa shape index (κ3) is 4.75. The van der Waals surface area contributed by atoms with Crippen LogP contribution >= 0.6 is 11.6 Å². The summed E-state index contributed by atoms with van der Waals surface area (Å²) >= 11 is 5.92. The molecule has 0 aliphatic rings. The van der Waals surface area contributed by atoms with Crippen molar-refractivity contribution in [3.05, 3.63) is 41.3 Å². The largest absolute Gasteiger partial charge is 0.370 e. The molecule has 0 aliphatic heterocycles. The topological polar surface area (TPSA) is 71.8 Å². The molecule has 2 heterocycles. The maximum atomic E-state index is 12.1. The van der Waals surface area contributed by atoms with Gasteiger partial charge < -0.3 is 10.6 Å². The molecule has 0 bridgehead atoms. The van der Waals surface area contributed by atoms with Crippen LogP contribution in [-0.2, 0) is 6.54 Å². The highest BCUT2D eigenvalue weighted by molar-refractivity contribution is 6.29. The standard InChI is InChI=1S/C14H18ClN5O/c1-2-16-13-10-11(9-12(15)19-13)14(21)17-5-3-7-20-8-4-6-18-20/h4,6,8-10H,2-3,5,7H2,1H3,(H,16,19)(H,17,21). The van der Waals surface area contributed by atoms with Gasteiger partial charge in [0, 0.05) is 37.6 Å². The summed E-state index contributed by atoms with van der Waals surface area (Å²) in [7, 11) is 0. The smallest absolute Gasteiger partial charge is 0.251 e. The molecular formula is C14H18ClN5O. The Balaban J connectivity index is 1.85. The highest BCUT2D eigenvalue weighted by Crippen LogP contribution is 2.14. The van der Waals surface area contributed by atoms with Crippen molar-refractivity contribution in [2.45, 2.75) is 19.9 Å². The number of amides is 1. The van der Waals surface area contributed by atoms with Crippen LogP contribution in [0.25, 0.3) is 0 Å². The highest BCUT2D eigenvalue weighted by Gasteiger charge is 2.08. The van der Waals surface area contributed by atoms with Crippen molar-refractivity contribution >= 4 is 23.3 Å². The van der Waals surface area contributed by atoms with E-state index in [1.165, 1.54) is 0 Å². The Bertz CT molecular complexity index is 585. The Morgan fingerprint density at radius 1 is 1.43 bits per heavy atom. The van der Waals surface area contributed by atoms with Crippen molar-refractivity contribution in [1.29, 1.82) is 0 Å². The molecule has 0 spiro atoms. The number of hydrogen-bond donors (Lipinski definition) is 2. The molecule has 7 heteroatoms. The molecule has 0 saturated heterocycles. The summed E-state index contributed by atoms with van der Waals surface area (Å²) in [5, 5.41) is 10.3. The van der Waals surface area contributed by atoms with Crippen LogP contribution in [0.2, 0.25) is 5.15 Å². The second-order valence-corrected chi connectivity index (χ2v) is 4.86. The third-order valence-electron chi connectivity index (χ3n) is 2.82. The Labute approximate surface area is 128 Å². The first-order valence-corrected chi connectivity index (χ1v) is 7.24. The fourth-order valence-corrected chi connectivity index (χ4v) is 2.09. The Kier molecular flexibility index (Phi) is 5.57. The van der Waals surface area contributed by atoms with E-state index in [9.17, 15) is 4.79 Å². The summed E-state index contributed by atoms with van der Waals surface area (Å²) in [5.41, 5.74) is 0.505. The Morgan fingerprint density at radius 2 is 2.29 bits per heavy atom. The fourth-order valence-electron chi connectivity index (χ4n) is 1.88. The first-order valence-electron chi connectivity index (χ1n) is 6.86. The second kappa shape index (κ2) is 7.64. The molecule has 0 atom stereocenters. The number of rotatable bonds is 7. The van der Waals surface area contributed by atoms with Crippen LogP contribution in [0.3, 0.4) is 0 Å². The normalized spacial score (nSPS) is 10.4. The molecule has 0 fully saturated rings. The van der Waals surface area contributed by atoms with Crippen LogP contribution < -0.4 is 10.6 Å². The lowest BCUT2D eigenvalue weighted by Gasteiger charge is -2.08. The van der Waals surface area contributed by atoms with Gasteiger partial charge >= 0.3 is 0 Å². The van der Waals surface area contributed by atoms with Crippen LogP contribution in [0.1, 0.15) is 23.7 Å². The number of halogens is 1. The molecule has 2 rings (SSSR count).